The molecule has 19 heteroatoms. The van der Waals surface area contributed by atoms with Gasteiger partial charge in [-0.05, 0) is 61.8 Å². The number of nitrogens with zero attached hydrogens (tertiary/aromatic N) is 11. The molecular weight excluding hydrogens is 757 g/mol. The second-order valence-corrected chi connectivity index (χ2v) is 15.8. The van der Waals surface area contributed by atoms with Crippen LogP contribution >= 0.6 is 0 Å². The minimum Gasteiger partial charge on any atom is -0.381 e. The Kier molecular flexibility index (Phi) is 12.6. The summed E-state index contributed by atoms with van der Waals surface area (Å²) in [6, 6.07) is 3.59. The topological polar surface area (TPSA) is 228 Å². The quantitative estimate of drug-likeness (QED) is 0.197. The molecule has 0 aliphatic carbocycles. The van der Waals surface area contributed by atoms with Gasteiger partial charge in [0.05, 0.1) is 31.0 Å². The zero-order valence-corrected chi connectivity index (χ0v) is 33.3. The number of aromatic nitrogens is 12. The van der Waals surface area contributed by atoms with Crippen molar-refractivity contribution in [2.75, 3.05) is 52.6 Å². The van der Waals surface area contributed by atoms with Crippen LogP contribution in [0, 0.1) is 11.8 Å². The van der Waals surface area contributed by atoms with Gasteiger partial charge in [0.15, 0.2) is 17.3 Å². The maximum absolute atomic E-state index is 12.7. The lowest BCUT2D eigenvalue weighted by atomic mass is 9.97. The minimum atomic E-state index is -0.121. The molecule has 0 radical (unpaired) electrons. The summed E-state index contributed by atoms with van der Waals surface area (Å²) < 4.78 is 14.4. The average Bonchev–Trinajstić information content (AvgIpc) is 4.09. The number of rotatable bonds is 7. The van der Waals surface area contributed by atoms with Crippen LogP contribution in [0.4, 0.5) is 0 Å². The van der Waals surface area contributed by atoms with Crippen molar-refractivity contribution in [2.45, 2.75) is 69.7 Å². The van der Waals surface area contributed by atoms with Crippen LogP contribution in [-0.4, -0.2) is 123 Å². The Labute approximate surface area is 339 Å². The molecule has 4 aliphatic heterocycles. The molecule has 4 unspecified atom stereocenters. The second kappa shape index (κ2) is 18.5. The fraction of sp³-hybridized carbons (Fsp3) is 0.525. The number of aromatic amines is 2. The Balaban J connectivity index is 0.000000142. The Hall–Kier alpha value is -5.63. The van der Waals surface area contributed by atoms with Crippen LogP contribution in [0.3, 0.4) is 0 Å². The van der Waals surface area contributed by atoms with E-state index in [0.717, 1.165) is 120 Å². The predicted octanol–water partition coefficient (Wildman–Crippen LogP) is 2.26. The molecule has 59 heavy (non-hydrogen) atoms. The Morgan fingerprint density at radius 1 is 0.695 bits per heavy atom. The van der Waals surface area contributed by atoms with Gasteiger partial charge < -0.3 is 24.8 Å². The molecule has 4 saturated heterocycles. The summed E-state index contributed by atoms with van der Waals surface area (Å²) >= 11 is 0. The zero-order valence-electron chi connectivity index (χ0n) is 33.3. The van der Waals surface area contributed by atoms with Gasteiger partial charge in [-0.1, -0.05) is 13.8 Å². The van der Waals surface area contributed by atoms with Crippen LogP contribution < -0.4 is 16.4 Å². The first-order chi connectivity index (χ1) is 28.9. The largest absolute Gasteiger partial charge is 0.381 e. The third-order valence-electron chi connectivity index (χ3n) is 11.8. The highest BCUT2D eigenvalue weighted by molar-refractivity contribution is 5.73. The number of hydrogen-bond donors (Lipinski definition) is 3. The summed E-state index contributed by atoms with van der Waals surface area (Å²) in [5.41, 5.74) is 2.52. The van der Waals surface area contributed by atoms with E-state index in [9.17, 15) is 14.4 Å². The molecule has 6 aromatic heterocycles. The van der Waals surface area contributed by atoms with Crippen molar-refractivity contribution in [2.24, 2.45) is 11.8 Å². The van der Waals surface area contributed by atoms with Crippen molar-refractivity contribution in [3.05, 3.63) is 104 Å². The van der Waals surface area contributed by atoms with Gasteiger partial charge in [-0.2, -0.15) is 30.6 Å². The molecule has 10 rings (SSSR count). The molecule has 0 spiro atoms. The van der Waals surface area contributed by atoms with Gasteiger partial charge >= 0.3 is 0 Å². The van der Waals surface area contributed by atoms with E-state index >= 15 is 0 Å². The first-order valence-electron chi connectivity index (χ1n) is 20.4. The molecule has 310 valence electrons. The monoisotopic (exact) mass is 806 g/mol. The average molecular weight is 807 g/mol. The lowest BCUT2D eigenvalue weighted by molar-refractivity contribution is 0.0831. The lowest BCUT2D eigenvalue weighted by Gasteiger charge is -2.21. The van der Waals surface area contributed by atoms with E-state index in [1.807, 2.05) is 6.07 Å². The van der Waals surface area contributed by atoms with Gasteiger partial charge in [0.1, 0.15) is 23.3 Å². The number of hydrogen-bond acceptors (Lipinski definition) is 15. The van der Waals surface area contributed by atoms with Gasteiger partial charge in [0, 0.05) is 88.0 Å². The number of fused-ring (bicyclic) bond motifs is 2. The smallest absolute Gasteiger partial charge is 0.276 e. The number of likely N-dealkylation sites (tertiary alicyclic amines) is 1. The molecular formula is C40H50N14O5. The maximum Gasteiger partial charge on any atom is 0.276 e. The number of carbonyl (C=O) groups is 1. The molecule has 0 saturated carbocycles. The van der Waals surface area contributed by atoms with Gasteiger partial charge in [-0.25, -0.2) is 19.0 Å². The molecule has 4 aliphatic rings. The number of H-pyrrole nitrogens is 2. The van der Waals surface area contributed by atoms with E-state index in [2.05, 4.69) is 64.4 Å². The van der Waals surface area contributed by atoms with E-state index in [4.69, 9.17) is 19.7 Å². The molecule has 4 atom stereocenters. The predicted molar refractivity (Wildman–Crippen MR) is 214 cm³/mol. The van der Waals surface area contributed by atoms with Crippen molar-refractivity contribution in [1.29, 1.82) is 0 Å². The number of ether oxygens (including phenoxy) is 2. The SMILES string of the molecule is CC1CN(Cc2ccnnc2)CC1c1nn2c(C3CCOCC3)ncc2c(=O)[nH]1.CC1CNCC1c1nn2c(C3CCOCC3)ncc2c(=O)[nH]1.O=Cc1ccnnc1. The minimum absolute atomic E-state index is 0.102. The summed E-state index contributed by atoms with van der Waals surface area (Å²) in [5.74, 6) is 5.16. The second-order valence-electron chi connectivity index (χ2n) is 15.8. The number of aldehydes is 1. The normalized spacial score (nSPS) is 22.8. The van der Waals surface area contributed by atoms with E-state index in [1.165, 1.54) is 12.4 Å². The fourth-order valence-electron chi connectivity index (χ4n) is 8.44. The molecule has 6 aromatic rings. The summed E-state index contributed by atoms with van der Waals surface area (Å²) in [6.45, 7) is 11.8. The highest BCUT2D eigenvalue weighted by Crippen LogP contribution is 2.32. The van der Waals surface area contributed by atoms with Crippen LogP contribution in [0.2, 0.25) is 0 Å². The van der Waals surface area contributed by atoms with Crippen molar-refractivity contribution >= 4 is 17.3 Å². The molecule has 0 aromatic carbocycles. The third-order valence-corrected chi connectivity index (χ3v) is 11.8. The van der Waals surface area contributed by atoms with Gasteiger partial charge in [0.2, 0.25) is 0 Å². The van der Waals surface area contributed by atoms with E-state index in [-0.39, 0.29) is 28.9 Å². The standard InChI is InChI=1S/C20H25N7O2.C15H21N5O2.C5H4N2O/c1-13-10-26(11-14-2-5-22-23-8-14)12-16(13)18-24-20(28)17-9-21-19(27(17)25-18)15-3-6-29-7-4-15;1-9-6-16-7-11(9)13-18-15(21)12-8-17-14(20(12)19-13)10-2-4-22-5-3-10;8-4-5-1-2-6-7-3-5/h2,5,8-9,13,15-16H,3-4,6-7,10-12H2,1H3,(H,24,25,28);8-11,16H,2-7H2,1H3,(H,18,19,21);1-4H. The fourth-order valence-corrected chi connectivity index (χ4v) is 8.44. The van der Waals surface area contributed by atoms with Crippen LogP contribution in [0.1, 0.15) is 102 Å². The zero-order chi connectivity index (χ0) is 40.7. The van der Waals surface area contributed by atoms with E-state index in [1.54, 1.807) is 39.9 Å². The molecule has 3 N–H and O–H groups in total. The van der Waals surface area contributed by atoms with Crippen molar-refractivity contribution in [3.8, 4) is 0 Å². The third kappa shape index (κ3) is 9.17. The Morgan fingerprint density at radius 3 is 1.76 bits per heavy atom. The van der Waals surface area contributed by atoms with Crippen molar-refractivity contribution in [3.63, 3.8) is 0 Å². The molecule has 0 bridgehead atoms. The highest BCUT2D eigenvalue weighted by atomic mass is 16.5. The van der Waals surface area contributed by atoms with Gasteiger partial charge in [-0.3, -0.25) is 19.3 Å². The maximum atomic E-state index is 12.7. The molecule has 4 fully saturated rings. The molecule has 0 amide bonds. The van der Waals surface area contributed by atoms with E-state index < -0.39 is 0 Å². The highest BCUT2D eigenvalue weighted by Gasteiger charge is 2.34. The van der Waals surface area contributed by atoms with Gasteiger partial charge in [-0.15, -0.1) is 0 Å². The number of nitrogens with one attached hydrogen (secondary N) is 3. The van der Waals surface area contributed by atoms with E-state index in [0.29, 0.717) is 34.4 Å². The van der Waals surface area contributed by atoms with Crippen molar-refractivity contribution < 1.29 is 14.3 Å². The summed E-state index contributed by atoms with van der Waals surface area (Å²) in [5, 5.41) is 27.7. The van der Waals surface area contributed by atoms with Crippen molar-refractivity contribution in [1.82, 2.24) is 69.8 Å². The summed E-state index contributed by atoms with van der Waals surface area (Å²) in [6.07, 6.45) is 14.1. The molecule has 19 nitrogen and oxygen atoms in total. The first-order valence-corrected chi connectivity index (χ1v) is 20.4. The lowest BCUT2D eigenvalue weighted by Crippen LogP contribution is -2.24. The van der Waals surface area contributed by atoms with Crippen LogP contribution in [0.25, 0.3) is 11.0 Å². The number of carbonyl (C=O) groups excluding carboxylic acids is 1. The Morgan fingerprint density at radius 2 is 1.27 bits per heavy atom. The van der Waals surface area contributed by atoms with Crippen LogP contribution in [-0.2, 0) is 16.0 Å². The Bertz CT molecular complexity index is 2420. The van der Waals surface area contributed by atoms with Crippen LogP contribution in [0.15, 0.2) is 58.9 Å². The van der Waals surface area contributed by atoms with Gasteiger partial charge in [0.25, 0.3) is 11.1 Å². The first kappa shape index (κ1) is 40.2. The molecule has 10 heterocycles. The summed E-state index contributed by atoms with van der Waals surface area (Å²) in [4.78, 5) is 52.4. The summed E-state index contributed by atoms with van der Waals surface area (Å²) in [7, 11) is 0. The number of imidazole rings is 2. The van der Waals surface area contributed by atoms with Crippen LogP contribution in [0.5, 0.6) is 0 Å².